The van der Waals surface area contributed by atoms with Gasteiger partial charge < -0.3 is 10.0 Å². The van der Waals surface area contributed by atoms with Gasteiger partial charge in [0.2, 0.25) is 5.91 Å². The van der Waals surface area contributed by atoms with Gasteiger partial charge in [0.1, 0.15) is 6.61 Å². The summed E-state index contributed by atoms with van der Waals surface area (Å²) in [6.07, 6.45) is -1.56. The molecule has 0 saturated carbocycles. The summed E-state index contributed by atoms with van der Waals surface area (Å²) >= 11 is 0. The molecule has 1 amide bonds. The van der Waals surface area contributed by atoms with Crippen LogP contribution in [0.1, 0.15) is 12.8 Å². The average Bonchev–Trinajstić information content (AvgIpc) is 2.50. The van der Waals surface area contributed by atoms with Crippen LogP contribution >= 0.6 is 0 Å². The third kappa shape index (κ3) is 1.72. The first-order valence-electron chi connectivity index (χ1n) is 3.85. The van der Waals surface area contributed by atoms with Crippen molar-refractivity contribution in [1.29, 1.82) is 0 Å². The minimum atomic E-state index is -2.50. The number of nitrogens with zero attached hydrogens (tertiary/aromatic N) is 1. The molecule has 5 heteroatoms. The fourth-order valence-corrected chi connectivity index (χ4v) is 1.45. The molecule has 0 aromatic carbocycles. The number of likely N-dealkylation sites (tertiary alicyclic amines) is 1. The number of aliphatic hydroxyl groups is 1. The lowest BCUT2D eigenvalue weighted by Crippen LogP contribution is -2.41. The Morgan fingerprint density at radius 3 is 2.83 bits per heavy atom. The Kier molecular flexibility index (Phi) is 2.97. The van der Waals surface area contributed by atoms with Crippen molar-refractivity contribution in [3.63, 3.8) is 0 Å². The Morgan fingerprint density at radius 1 is 1.67 bits per heavy atom. The lowest BCUT2D eigenvalue weighted by atomic mass is 10.2. The maximum absolute atomic E-state index is 12.2. The Morgan fingerprint density at radius 2 is 2.33 bits per heavy atom. The SMILES string of the molecule is O=C(CO)N1CCC[C@@H]1C(F)F. The van der Waals surface area contributed by atoms with Crippen LogP contribution in [0, 0.1) is 0 Å². The monoisotopic (exact) mass is 179 g/mol. The summed E-state index contributed by atoms with van der Waals surface area (Å²) in [5.74, 6) is -0.599. The Hall–Kier alpha value is -0.710. The lowest BCUT2D eigenvalue weighted by molar-refractivity contribution is -0.137. The third-order valence-corrected chi connectivity index (χ3v) is 2.05. The molecule has 1 heterocycles. The van der Waals surface area contributed by atoms with Gasteiger partial charge >= 0.3 is 0 Å². The number of carbonyl (C=O) groups is 1. The Balaban J connectivity index is 2.57. The van der Waals surface area contributed by atoms with Crippen molar-refractivity contribution in [3.05, 3.63) is 0 Å². The topological polar surface area (TPSA) is 40.5 Å². The molecule has 1 aliphatic heterocycles. The van der Waals surface area contributed by atoms with Crippen LogP contribution in [0.25, 0.3) is 0 Å². The molecular formula is C7H11F2NO2. The molecule has 1 saturated heterocycles. The summed E-state index contributed by atoms with van der Waals surface area (Å²) < 4.78 is 24.4. The Labute approximate surface area is 69.0 Å². The van der Waals surface area contributed by atoms with E-state index >= 15 is 0 Å². The molecule has 1 aliphatic rings. The molecule has 0 spiro atoms. The van der Waals surface area contributed by atoms with E-state index < -0.39 is 25.0 Å². The molecule has 12 heavy (non-hydrogen) atoms. The van der Waals surface area contributed by atoms with Crippen molar-refractivity contribution >= 4 is 5.91 Å². The van der Waals surface area contributed by atoms with Crippen LogP contribution in [-0.2, 0) is 4.79 Å². The lowest BCUT2D eigenvalue weighted by Gasteiger charge is -2.22. The summed E-state index contributed by atoms with van der Waals surface area (Å²) in [5, 5.41) is 8.46. The second kappa shape index (κ2) is 3.80. The number of alkyl halides is 2. The van der Waals surface area contributed by atoms with Gasteiger partial charge in [-0.25, -0.2) is 8.78 Å². The summed E-state index contributed by atoms with van der Waals surface area (Å²) in [6, 6.07) is -0.982. The van der Waals surface area contributed by atoms with Gasteiger partial charge in [-0.3, -0.25) is 4.79 Å². The second-order valence-corrected chi connectivity index (χ2v) is 2.79. The summed E-state index contributed by atoms with van der Waals surface area (Å²) in [7, 11) is 0. The minimum absolute atomic E-state index is 0.337. The van der Waals surface area contributed by atoms with E-state index in [0.717, 1.165) is 4.90 Å². The van der Waals surface area contributed by atoms with Crippen LogP contribution < -0.4 is 0 Å². The summed E-state index contributed by atoms with van der Waals surface area (Å²) in [5.41, 5.74) is 0. The van der Waals surface area contributed by atoms with Gasteiger partial charge in [0.05, 0.1) is 6.04 Å². The highest BCUT2D eigenvalue weighted by atomic mass is 19.3. The molecular weight excluding hydrogens is 168 g/mol. The maximum Gasteiger partial charge on any atom is 0.258 e. The van der Waals surface area contributed by atoms with E-state index in [2.05, 4.69) is 0 Å². The second-order valence-electron chi connectivity index (χ2n) is 2.79. The molecule has 1 atom stereocenters. The van der Waals surface area contributed by atoms with E-state index in [4.69, 9.17) is 5.11 Å². The largest absolute Gasteiger partial charge is 0.387 e. The normalized spacial score (nSPS) is 23.7. The predicted octanol–water partition coefficient (Wildman–Crippen LogP) is 0.235. The van der Waals surface area contributed by atoms with Gasteiger partial charge in [-0.05, 0) is 12.8 Å². The van der Waals surface area contributed by atoms with Crippen LogP contribution in [0.2, 0.25) is 0 Å². The maximum atomic E-state index is 12.2. The Bertz CT molecular complexity index is 175. The molecule has 0 aromatic heterocycles. The van der Waals surface area contributed by atoms with Crippen LogP contribution in [0.5, 0.6) is 0 Å². The van der Waals surface area contributed by atoms with E-state index in [-0.39, 0.29) is 0 Å². The van der Waals surface area contributed by atoms with Gasteiger partial charge in [-0.2, -0.15) is 0 Å². The van der Waals surface area contributed by atoms with E-state index in [0.29, 0.717) is 19.4 Å². The molecule has 0 aromatic rings. The number of hydrogen-bond acceptors (Lipinski definition) is 2. The standard InChI is InChI=1S/C7H11F2NO2/c8-7(9)5-2-1-3-10(5)6(12)4-11/h5,7,11H,1-4H2/t5-/m1/s1. The molecule has 3 nitrogen and oxygen atoms in total. The molecule has 1 fully saturated rings. The number of amides is 1. The van der Waals surface area contributed by atoms with Crippen LogP contribution in [-0.4, -0.2) is 41.5 Å². The quantitative estimate of drug-likeness (QED) is 0.659. The third-order valence-electron chi connectivity index (χ3n) is 2.05. The average molecular weight is 179 g/mol. The van der Waals surface area contributed by atoms with Gasteiger partial charge in [0.25, 0.3) is 6.43 Å². The highest BCUT2D eigenvalue weighted by molar-refractivity contribution is 5.77. The van der Waals surface area contributed by atoms with Crippen LogP contribution in [0.3, 0.4) is 0 Å². The smallest absolute Gasteiger partial charge is 0.258 e. The van der Waals surface area contributed by atoms with Crippen molar-refractivity contribution in [3.8, 4) is 0 Å². The molecule has 1 N–H and O–H groups in total. The zero-order valence-corrected chi connectivity index (χ0v) is 6.54. The fraction of sp³-hybridized carbons (Fsp3) is 0.857. The molecule has 70 valence electrons. The van der Waals surface area contributed by atoms with Crippen molar-refractivity contribution in [2.45, 2.75) is 25.3 Å². The van der Waals surface area contributed by atoms with Crippen molar-refractivity contribution < 1.29 is 18.7 Å². The van der Waals surface area contributed by atoms with E-state index in [1.54, 1.807) is 0 Å². The van der Waals surface area contributed by atoms with Gasteiger partial charge in [0.15, 0.2) is 0 Å². The first-order valence-corrected chi connectivity index (χ1v) is 3.85. The molecule has 0 bridgehead atoms. The van der Waals surface area contributed by atoms with Crippen LogP contribution in [0.4, 0.5) is 8.78 Å². The zero-order chi connectivity index (χ0) is 9.14. The first-order chi connectivity index (χ1) is 5.66. The van der Waals surface area contributed by atoms with Crippen LogP contribution in [0.15, 0.2) is 0 Å². The number of carbonyl (C=O) groups excluding carboxylic acids is 1. The van der Waals surface area contributed by atoms with E-state index in [9.17, 15) is 13.6 Å². The summed E-state index contributed by atoms with van der Waals surface area (Å²) in [6.45, 7) is -0.336. The first kappa shape index (κ1) is 9.38. The number of rotatable bonds is 2. The molecule has 0 radical (unpaired) electrons. The van der Waals surface area contributed by atoms with Crippen molar-refractivity contribution in [2.24, 2.45) is 0 Å². The number of halogens is 2. The molecule has 0 unspecified atom stereocenters. The molecule has 0 aliphatic carbocycles. The number of hydrogen-bond donors (Lipinski definition) is 1. The minimum Gasteiger partial charge on any atom is -0.387 e. The van der Waals surface area contributed by atoms with Gasteiger partial charge in [-0.1, -0.05) is 0 Å². The fourth-order valence-electron chi connectivity index (χ4n) is 1.45. The van der Waals surface area contributed by atoms with E-state index in [1.165, 1.54) is 0 Å². The molecule has 1 rings (SSSR count). The number of aliphatic hydroxyl groups excluding tert-OH is 1. The van der Waals surface area contributed by atoms with Gasteiger partial charge in [-0.15, -0.1) is 0 Å². The predicted molar refractivity (Wildman–Crippen MR) is 37.8 cm³/mol. The van der Waals surface area contributed by atoms with E-state index in [1.807, 2.05) is 0 Å². The zero-order valence-electron chi connectivity index (χ0n) is 6.54. The van der Waals surface area contributed by atoms with Crippen molar-refractivity contribution in [2.75, 3.05) is 13.2 Å². The highest BCUT2D eigenvalue weighted by Gasteiger charge is 2.34. The highest BCUT2D eigenvalue weighted by Crippen LogP contribution is 2.22. The van der Waals surface area contributed by atoms with Crippen molar-refractivity contribution in [1.82, 2.24) is 4.90 Å². The summed E-state index contributed by atoms with van der Waals surface area (Å²) in [4.78, 5) is 11.9. The van der Waals surface area contributed by atoms with Gasteiger partial charge in [0, 0.05) is 6.54 Å².